The van der Waals surface area contributed by atoms with Crippen molar-refractivity contribution in [3.63, 3.8) is 0 Å². The molecule has 0 aliphatic carbocycles. The fourth-order valence-electron chi connectivity index (χ4n) is 1.90. The molecular weight excluding hydrogens is 330 g/mol. The zero-order chi connectivity index (χ0) is 18.4. The molecular formula is C16H15N3O6. The maximum atomic E-state index is 11.8. The van der Waals surface area contributed by atoms with Gasteiger partial charge < -0.3 is 20.5 Å². The van der Waals surface area contributed by atoms with Gasteiger partial charge in [0.25, 0.3) is 11.5 Å². The van der Waals surface area contributed by atoms with Crippen molar-refractivity contribution in [2.75, 3.05) is 17.2 Å². The molecule has 0 bridgehead atoms. The molecule has 0 unspecified atom stereocenters. The Balaban J connectivity index is 1.88. The van der Waals surface area contributed by atoms with Crippen molar-refractivity contribution < 1.29 is 24.2 Å². The Morgan fingerprint density at radius 1 is 1.08 bits per heavy atom. The third kappa shape index (κ3) is 5.50. The van der Waals surface area contributed by atoms with Crippen LogP contribution in [0.2, 0.25) is 0 Å². The molecule has 1 aromatic carbocycles. The number of pyridine rings is 1. The highest BCUT2D eigenvalue weighted by molar-refractivity contribution is 5.96. The summed E-state index contributed by atoms with van der Waals surface area (Å²) < 4.78 is 4.78. The van der Waals surface area contributed by atoms with Gasteiger partial charge in [-0.3, -0.25) is 19.4 Å². The molecule has 1 heterocycles. The van der Waals surface area contributed by atoms with Gasteiger partial charge in [-0.25, -0.2) is 4.79 Å². The molecule has 0 saturated heterocycles. The number of aromatic hydroxyl groups is 1. The zero-order valence-corrected chi connectivity index (χ0v) is 13.2. The first kappa shape index (κ1) is 17.7. The van der Waals surface area contributed by atoms with Gasteiger partial charge in [-0.05, 0) is 24.3 Å². The second-order valence-electron chi connectivity index (χ2n) is 5.00. The first-order valence-electron chi connectivity index (χ1n) is 7.11. The standard InChI is InChI=1S/C16H15N3O6/c1-9(20)17-11-2-4-12(5-3-11)18-15(23)8-25-16(24)10-6-13(21)19-14(22)7-10/h2-7H,8H2,1H3,(H,17,20)(H,18,23)(H2,19,21,22). The molecule has 0 saturated carbocycles. The monoisotopic (exact) mass is 345 g/mol. The van der Waals surface area contributed by atoms with E-state index in [9.17, 15) is 24.3 Å². The quantitative estimate of drug-likeness (QED) is 0.592. The van der Waals surface area contributed by atoms with E-state index in [1.165, 1.54) is 6.92 Å². The van der Waals surface area contributed by atoms with Crippen LogP contribution in [0.1, 0.15) is 17.3 Å². The molecule has 9 heteroatoms. The molecule has 25 heavy (non-hydrogen) atoms. The maximum absolute atomic E-state index is 11.8. The van der Waals surface area contributed by atoms with E-state index in [4.69, 9.17) is 4.74 Å². The highest BCUT2D eigenvalue weighted by atomic mass is 16.5. The lowest BCUT2D eigenvalue weighted by Gasteiger charge is -2.08. The SMILES string of the molecule is CC(=O)Nc1ccc(NC(=O)COC(=O)c2cc(O)[nH]c(=O)c2)cc1. The molecule has 0 atom stereocenters. The van der Waals surface area contributed by atoms with Gasteiger partial charge in [-0.2, -0.15) is 0 Å². The first-order chi connectivity index (χ1) is 11.8. The highest BCUT2D eigenvalue weighted by Gasteiger charge is 2.12. The van der Waals surface area contributed by atoms with Gasteiger partial charge in [-0.1, -0.05) is 0 Å². The van der Waals surface area contributed by atoms with Crippen LogP contribution in [0.5, 0.6) is 5.88 Å². The van der Waals surface area contributed by atoms with Crippen molar-refractivity contribution in [2.45, 2.75) is 6.92 Å². The van der Waals surface area contributed by atoms with Crippen LogP contribution in [0.25, 0.3) is 0 Å². The number of H-pyrrole nitrogens is 1. The van der Waals surface area contributed by atoms with Gasteiger partial charge in [0.05, 0.1) is 5.56 Å². The third-order valence-corrected chi connectivity index (χ3v) is 2.89. The van der Waals surface area contributed by atoms with E-state index >= 15 is 0 Å². The van der Waals surface area contributed by atoms with E-state index in [1.54, 1.807) is 24.3 Å². The fourth-order valence-corrected chi connectivity index (χ4v) is 1.90. The summed E-state index contributed by atoms with van der Waals surface area (Å²) in [5.41, 5.74) is 0.180. The van der Waals surface area contributed by atoms with Gasteiger partial charge in [-0.15, -0.1) is 0 Å². The fraction of sp³-hybridized carbons (Fsp3) is 0.125. The molecule has 0 fully saturated rings. The third-order valence-electron chi connectivity index (χ3n) is 2.89. The number of amides is 2. The highest BCUT2D eigenvalue weighted by Crippen LogP contribution is 2.13. The topological polar surface area (TPSA) is 138 Å². The molecule has 130 valence electrons. The minimum Gasteiger partial charge on any atom is -0.494 e. The molecule has 4 N–H and O–H groups in total. The summed E-state index contributed by atoms with van der Waals surface area (Å²) in [6, 6.07) is 8.30. The second kappa shape index (κ2) is 7.77. The van der Waals surface area contributed by atoms with Crippen LogP contribution in [0.15, 0.2) is 41.2 Å². The number of aromatic amines is 1. The summed E-state index contributed by atoms with van der Waals surface area (Å²) >= 11 is 0. The number of hydrogen-bond donors (Lipinski definition) is 4. The lowest BCUT2D eigenvalue weighted by molar-refractivity contribution is -0.119. The molecule has 2 aromatic rings. The normalized spacial score (nSPS) is 9.96. The summed E-state index contributed by atoms with van der Waals surface area (Å²) in [5.74, 6) is -2.20. The number of aromatic nitrogens is 1. The Labute approximate surface area is 141 Å². The lowest BCUT2D eigenvalue weighted by Crippen LogP contribution is -2.21. The van der Waals surface area contributed by atoms with Gasteiger partial charge in [0.15, 0.2) is 12.5 Å². The average Bonchev–Trinajstić information content (AvgIpc) is 2.53. The molecule has 1 aromatic heterocycles. The number of ether oxygens (including phenoxy) is 1. The Morgan fingerprint density at radius 3 is 2.24 bits per heavy atom. The molecule has 0 aliphatic rings. The van der Waals surface area contributed by atoms with Crippen LogP contribution < -0.4 is 16.2 Å². The van der Waals surface area contributed by atoms with Crippen molar-refractivity contribution >= 4 is 29.2 Å². The number of hydrogen-bond acceptors (Lipinski definition) is 6. The maximum Gasteiger partial charge on any atom is 0.339 e. The number of benzene rings is 1. The number of anilines is 2. The molecule has 0 aliphatic heterocycles. The van der Waals surface area contributed by atoms with Gasteiger partial charge >= 0.3 is 5.97 Å². The van der Waals surface area contributed by atoms with Crippen LogP contribution >= 0.6 is 0 Å². The van der Waals surface area contributed by atoms with Crippen LogP contribution in [-0.4, -0.2) is 34.5 Å². The number of rotatable bonds is 5. The summed E-state index contributed by atoms with van der Waals surface area (Å²) in [6.07, 6.45) is 0. The number of carbonyl (C=O) groups excluding carboxylic acids is 3. The van der Waals surface area contributed by atoms with Crippen LogP contribution in [0, 0.1) is 0 Å². The van der Waals surface area contributed by atoms with Crippen molar-refractivity contribution in [3.8, 4) is 5.88 Å². The first-order valence-corrected chi connectivity index (χ1v) is 7.11. The average molecular weight is 345 g/mol. The molecule has 0 radical (unpaired) electrons. The predicted octanol–water partition coefficient (Wildman–Crippen LogP) is 0.834. The minimum atomic E-state index is -0.919. The van der Waals surface area contributed by atoms with Crippen molar-refractivity contribution in [2.24, 2.45) is 0 Å². The predicted molar refractivity (Wildman–Crippen MR) is 88.4 cm³/mol. The van der Waals surface area contributed by atoms with Crippen molar-refractivity contribution in [1.29, 1.82) is 0 Å². The van der Waals surface area contributed by atoms with Gasteiger partial charge in [0, 0.05) is 30.4 Å². The summed E-state index contributed by atoms with van der Waals surface area (Å²) in [4.78, 5) is 47.7. The van der Waals surface area contributed by atoms with Gasteiger partial charge in [0.2, 0.25) is 5.91 Å². The van der Waals surface area contributed by atoms with E-state index in [0.29, 0.717) is 11.4 Å². The van der Waals surface area contributed by atoms with Crippen LogP contribution in [0.4, 0.5) is 11.4 Å². The Morgan fingerprint density at radius 2 is 1.68 bits per heavy atom. The Kier molecular flexibility index (Phi) is 5.51. The lowest BCUT2D eigenvalue weighted by atomic mass is 10.2. The number of nitrogens with one attached hydrogen (secondary N) is 3. The minimum absolute atomic E-state index is 0.172. The number of carbonyl (C=O) groups is 3. The van der Waals surface area contributed by atoms with Crippen molar-refractivity contribution in [3.05, 3.63) is 52.3 Å². The van der Waals surface area contributed by atoms with E-state index in [-0.39, 0.29) is 11.5 Å². The Bertz CT molecular complexity index is 857. The zero-order valence-electron chi connectivity index (χ0n) is 13.2. The number of esters is 1. The van der Waals surface area contributed by atoms with E-state index < -0.39 is 29.9 Å². The molecule has 2 rings (SSSR count). The summed E-state index contributed by atoms with van der Waals surface area (Å²) in [6.45, 7) is 0.810. The van der Waals surface area contributed by atoms with E-state index in [0.717, 1.165) is 12.1 Å². The van der Waals surface area contributed by atoms with Crippen LogP contribution in [0.3, 0.4) is 0 Å². The summed E-state index contributed by atoms with van der Waals surface area (Å²) in [7, 11) is 0. The Hall–Kier alpha value is -3.62. The van der Waals surface area contributed by atoms with Crippen molar-refractivity contribution in [1.82, 2.24) is 4.98 Å². The largest absolute Gasteiger partial charge is 0.494 e. The molecule has 0 spiro atoms. The molecule has 2 amide bonds. The van der Waals surface area contributed by atoms with E-state index in [1.807, 2.05) is 0 Å². The summed E-state index contributed by atoms with van der Waals surface area (Å²) in [5, 5.41) is 14.3. The van der Waals surface area contributed by atoms with Crippen LogP contribution in [-0.2, 0) is 14.3 Å². The smallest absolute Gasteiger partial charge is 0.339 e. The van der Waals surface area contributed by atoms with Gasteiger partial charge in [0.1, 0.15) is 0 Å². The molecule has 9 nitrogen and oxygen atoms in total. The van der Waals surface area contributed by atoms with E-state index in [2.05, 4.69) is 15.6 Å². The second-order valence-corrected chi connectivity index (χ2v) is 5.00.